The summed E-state index contributed by atoms with van der Waals surface area (Å²) in [5, 5.41) is 0. The summed E-state index contributed by atoms with van der Waals surface area (Å²) in [5.41, 5.74) is 8.44. The van der Waals surface area contributed by atoms with Crippen molar-refractivity contribution in [1.82, 2.24) is 4.90 Å². The van der Waals surface area contributed by atoms with E-state index in [0.29, 0.717) is 0 Å². The molecule has 2 nitrogen and oxygen atoms in total. The number of hydrogen-bond acceptors (Lipinski definition) is 2. The summed E-state index contributed by atoms with van der Waals surface area (Å²) < 4.78 is 0. The highest BCUT2D eigenvalue weighted by Gasteiger charge is 2.32. The Balaban J connectivity index is 1.60. The quantitative estimate of drug-likeness (QED) is 0.890. The minimum Gasteiger partial charge on any atom is -0.330 e. The van der Waals surface area contributed by atoms with Gasteiger partial charge in [0.25, 0.3) is 0 Å². The molecule has 1 aromatic rings. The molecule has 2 fully saturated rings. The Morgan fingerprint density at radius 3 is 2.35 bits per heavy atom. The molecule has 2 heteroatoms. The Bertz CT molecular complexity index is 406. The number of benzene rings is 1. The van der Waals surface area contributed by atoms with Gasteiger partial charge in [-0.2, -0.15) is 0 Å². The largest absolute Gasteiger partial charge is 0.330 e. The van der Waals surface area contributed by atoms with Gasteiger partial charge in [-0.05, 0) is 62.2 Å². The summed E-state index contributed by atoms with van der Waals surface area (Å²) in [6, 6.07) is 9.97. The van der Waals surface area contributed by atoms with Crippen molar-refractivity contribution >= 4 is 0 Å². The second-order valence-corrected chi connectivity index (χ2v) is 6.58. The van der Waals surface area contributed by atoms with Crippen molar-refractivity contribution in [2.24, 2.45) is 11.7 Å². The molecule has 0 bridgehead atoms. The van der Waals surface area contributed by atoms with Gasteiger partial charge in [-0.1, -0.05) is 37.1 Å². The molecule has 1 aliphatic carbocycles. The SMILES string of the molecule is NCCc1ccc(CN2CCCC2C2CCCC2)cc1. The molecule has 0 radical (unpaired) electrons. The Labute approximate surface area is 123 Å². The van der Waals surface area contributed by atoms with Crippen LogP contribution in [0.25, 0.3) is 0 Å². The van der Waals surface area contributed by atoms with Crippen LogP contribution in [0, 0.1) is 5.92 Å². The lowest BCUT2D eigenvalue weighted by molar-refractivity contribution is 0.183. The van der Waals surface area contributed by atoms with Gasteiger partial charge in [0, 0.05) is 12.6 Å². The zero-order valence-electron chi connectivity index (χ0n) is 12.6. The third-order valence-corrected chi connectivity index (χ3v) is 5.20. The Hall–Kier alpha value is -0.860. The second-order valence-electron chi connectivity index (χ2n) is 6.58. The standard InChI is InChI=1S/C18H28N2/c19-12-11-15-7-9-16(10-8-15)14-20-13-3-6-18(20)17-4-1-2-5-17/h7-10,17-18H,1-6,11-14,19H2. The van der Waals surface area contributed by atoms with Crippen LogP contribution in [0.1, 0.15) is 49.7 Å². The van der Waals surface area contributed by atoms with Gasteiger partial charge < -0.3 is 5.73 Å². The first-order valence-electron chi connectivity index (χ1n) is 8.39. The van der Waals surface area contributed by atoms with Crippen LogP contribution in [-0.4, -0.2) is 24.0 Å². The van der Waals surface area contributed by atoms with Crippen molar-refractivity contribution in [3.05, 3.63) is 35.4 Å². The lowest BCUT2D eigenvalue weighted by Crippen LogP contribution is -2.34. The molecular formula is C18H28N2. The lowest BCUT2D eigenvalue weighted by atomic mass is 9.95. The normalized spacial score (nSPS) is 24.6. The van der Waals surface area contributed by atoms with Gasteiger partial charge >= 0.3 is 0 Å². The van der Waals surface area contributed by atoms with Crippen LogP contribution < -0.4 is 5.73 Å². The first-order valence-corrected chi connectivity index (χ1v) is 8.39. The van der Waals surface area contributed by atoms with Crippen molar-refractivity contribution in [2.75, 3.05) is 13.1 Å². The van der Waals surface area contributed by atoms with Gasteiger partial charge in [-0.15, -0.1) is 0 Å². The summed E-state index contributed by atoms with van der Waals surface area (Å²) in [5.74, 6) is 0.981. The van der Waals surface area contributed by atoms with E-state index in [9.17, 15) is 0 Å². The fourth-order valence-corrected chi connectivity index (χ4v) is 4.14. The number of rotatable bonds is 5. The van der Waals surface area contributed by atoms with Crippen molar-refractivity contribution in [3.63, 3.8) is 0 Å². The molecule has 1 saturated carbocycles. The topological polar surface area (TPSA) is 29.3 Å². The van der Waals surface area contributed by atoms with Crippen LogP contribution in [0.4, 0.5) is 0 Å². The van der Waals surface area contributed by atoms with Crippen LogP contribution in [-0.2, 0) is 13.0 Å². The summed E-state index contributed by atoms with van der Waals surface area (Å²) in [4.78, 5) is 2.74. The average molecular weight is 272 g/mol. The highest BCUT2D eigenvalue weighted by atomic mass is 15.2. The van der Waals surface area contributed by atoms with E-state index >= 15 is 0 Å². The first kappa shape index (κ1) is 14.1. The maximum absolute atomic E-state index is 5.61. The van der Waals surface area contributed by atoms with Crippen LogP contribution >= 0.6 is 0 Å². The molecular weight excluding hydrogens is 244 g/mol. The highest BCUT2D eigenvalue weighted by molar-refractivity contribution is 5.23. The minimum absolute atomic E-state index is 0.745. The minimum atomic E-state index is 0.745. The molecule has 1 aliphatic heterocycles. The molecule has 1 unspecified atom stereocenters. The third kappa shape index (κ3) is 3.24. The average Bonchev–Trinajstić information content (AvgIpc) is 3.12. The van der Waals surface area contributed by atoms with Crippen LogP contribution in [0.3, 0.4) is 0 Å². The second kappa shape index (κ2) is 6.73. The summed E-state index contributed by atoms with van der Waals surface area (Å²) in [6.45, 7) is 3.19. The molecule has 3 rings (SSSR count). The molecule has 110 valence electrons. The number of nitrogens with zero attached hydrogens (tertiary/aromatic N) is 1. The molecule has 1 atom stereocenters. The third-order valence-electron chi connectivity index (χ3n) is 5.20. The smallest absolute Gasteiger partial charge is 0.0236 e. The molecule has 20 heavy (non-hydrogen) atoms. The van der Waals surface area contributed by atoms with Crippen molar-refractivity contribution in [2.45, 2.75) is 57.5 Å². The van der Waals surface area contributed by atoms with Gasteiger partial charge in [0.15, 0.2) is 0 Å². The molecule has 1 aromatic carbocycles. The first-order chi connectivity index (χ1) is 9.86. The van der Waals surface area contributed by atoms with Crippen molar-refractivity contribution < 1.29 is 0 Å². The van der Waals surface area contributed by atoms with E-state index in [4.69, 9.17) is 5.73 Å². The zero-order chi connectivity index (χ0) is 13.8. The summed E-state index contributed by atoms with van der Waals surface area (Å²) >= 11 is 0. The van der Waals surface area contributed by atoms with Gasteiger partial charge in [0.2, 0.25) is 0 Å². The Morgan fingerprint density at radius 2 is 1.65 bits per heavy atom. The zero-order valence-corrected chi connectivity index (χ0v) is 12.6. The van der Waals surface area contributed by atoms with Gasteiger partial charge in [-0.3, -0.25) is 4.90 Å². The number of likely N-dealkylation sites (tertiary alicyclic amines) is 1. The van der Waals surface area contributed by atoms with Gasteiger partial charge in [-0.25, -0.2) is 0 Å². The monoisotopic (exact) mass is 272 g/mol. The van der Waals surface area contributed by atoms with E-state index in [-0.39, 0.29) is 0 Å². The molecule has 0 spiro atoms. The van der Waals surface area contributed by atoms with Gasteiger partial charge in [0.05, 0.1) is 0 Å². The van der Waals surface area contributed by atoms with E-state index < -0.39 is 0 Å². The van der Waals surface area contributed by atoms with E-state index in [1.165, 1.54) is 56.2 Å². The summed E-state index contributed by atoms with van der Waals surface area (Å²) in [7, 11) is 0. The van der Waals surface area contributed by atoms with E-state index in [1.807, 2.05) is 0 Å². The van der Waals surface area contributed by atoms with Crippen LogP contribution in [0.5, 0.6) is 0 Å². The highest BCUT2D eigenvalue weighted by Crippen LogP contribution is 2.36. The maximum atomic E-state index is 5.61. The van der Waals surface area contributed by atoms with E-state index in [2.05, 4.69) is 29.2 Å². The van der Waals surface area contributed by atoms with Crippen LogP contribution in [0.2, 0.25) is 0 Å². The van der Waals surface area contributed by atoms with E-state index in [1.54, 1.807) is 0 Å². The maximum Gasteiger partial charge on any atom is 0.0236 e. The number of nitrogens with two attached hydrogens (primary N) is 1. The summed E-state index contributed by atoms with van der Waals surface area (Å²) in [6.07, 6.45) is 9.68. The number of hydrogen-bond donors (Lipinski definition) is 1. The molecule has 0 amide bonds. The molecule has 1 heterocycles. The fourth-order valence-electron chi connectivity index (χ4n) is 4.14. The van der Waals surface area contributed by atoms with Crippen molar-refractivity contribution in [1.29, 1.82) is 0 Å². The molecule has 2 N–H and O–H groups in total. The van der Waals surface area contributed by atoms with E-state index in [0.717, 1.165) is 31.5 Å². The Morgan fingerprint density at radius 1 is 0.950 bits per heavy atom. The molecule has 2 aliphatic rings. The Kier molecular flexibility index (Phi) is 4.74. The molecule has 0 aromatic heterocycles. The fraction of sp³-hybridized carbons (Fsp3) is 0.667. The van der Waals surface area contributed by atoms with Crippen molar-refractivity contribution in [3.8, 4) is 0 Å². The lowest BCUT2D eigenvalue weighted by Gasteiger charge is -2.29. The van der Waals surface area contributed by atoms with Gasteiger partial charge in [0.1, 0.15) is 0 Å². The predicted molar refractivity (Wildman–Crippen MR) is 84.6 cm³/mol. The van der Waals surface area contributed by atoms with Crippen LogP contribution in [0.15, 0.2) is 24.3 Å². The predicted octanol–water partition coefficient (Wildman–Crippen LogP) is 3.34. The molecule has 1 saturated heterocycles.